The number of benzene rings is 1. The van der Waals surface area contributed by atoms with Gasteiger partial charge in [0.25, 0.3) is 0 Å². The van der Waals surface area contributed by atoms with E-state index < -0.39 is 0 Å². The van der Waals surface area contributed by atoms with Crippen molar-refractivity contribution in [2.75, 3.05) is 11.9 Å². The average molecular weight is 243 g/mol. The molecule has 3 rings (SSSR count). The fraction of sp³-hybridized carbons (Fsp3) is 0.333. The molecular weight excluding hydrogens is 226 g/mol. The fourth-order valence-corrected chi connectivity index (χ4v) is 3.23. The van der Waals surface area contributed by atoms with Gasteiger partial charge in [-0.15, -0.1) is 11.3 Å². The molecule has 88 valence electrons. The van der Waals surface area contributed by atoms with Crippen LogP contribution in [0.3, 0.4) is 0 Å². The van der Waals surface area contributed by atoms with E-state index in [9.17, 15) is 0 Å². The summed E-state index contributed by atoms with van der Waals surface area (Å²) in [6.07, 6.45) is 5.21. The molecule has 0 spiro atoms. The highest BCUT2D eigenvalue weighted by atomic mass is 32.1. The molecule has 2 aromatic rings. The molecule has 0 bridgehead atoms. The van der Waals surface area contributed by atoms with Crippen molar-refractivity contribution in [3.8, 4) is 0 Å². The van der Waals surface area contributed by atoms with Crippen LogP contribution in [0.15, 0.2) is 35.7 Å². The number of fused-ring (bicyclic) bond motifs is 1. The van der Waals surface area contributed by atoms with E-state index in [-0.39, 0.29) is 0 Å². The second-order valence-electron chi connectivity index (χ2n) is 4.67. The van der Waals surface area contributed by atoms with Crippen molar-refractivity contribution in [3.05, 3.63) is 46.8 Å². The Kier molecular flexibility index (Phi) is 2.89. The number of thiophene rings is 1. The maximum absolute atomic E-state index is 2.37. The number of anilines is 2. The largest absolute Gasteiger partial charge is 0.336 e. The van der Waals surface area contributed by atoms with Gasteiger partial charge in [-0.2, -0.15) is 0 Å². The lowest BCUT2D eigenvalue weighted by atomic mass is 9.91. The first kappa shape index (κ1) is 10.8. The molecule has 0 amide bonds. The lowest BCUT2D eigenvalue weighted by Crippen LogP contribution is -2.10. The SMILES string of the molecule is CN(c1ccc2c(c1)CCCC2)c1cccs1. The van der Waals surface area contributed by atoms with Gasteiger partial charge in [-0.25, -0.2) is 0 Å². The molecule has 1 aliphatic rings. The van der Waals surface area contributed by atoms with E-state index in [2.05, 4.69) is 47.7 Å². The average Bonchev–Trinajstić information content (AvgIpc) is 2.91. The van der Waals surface area contributed by atoms with Crippen LogP contribution in [-0.4, -0.2) is 7.05 Å². The van der Waals surface area contributed by atoms with Crippen LogP contribution in [0.4, 0.5) is 10.7 Å². The van der Waals surface area contributed by atoms with E-state index in [4.69, 9.17) is 0 Å². The van der Waals surface area contributed by atoms with Crippen LogP contribution >= 0.6 is 11.3 Å². The maximum atomic E-state index is 2.37. The van der Waals surface area contributed by atoms with Gasteiger partial charge >= 0.3 is 0 Å². The van der Waals surface area contributed by atoms with Crippen molar-refractivity contribution in [2.24, 2.45) is 0 Å². The van der Waals surface area contributed by atoms with E-state index in [1.165, 1.54) is 36.4 Å². The Balaban J connectivity index is 1.93. The van der Waals surface area contributed by atoms with E-state index in [1.807, 2.05) is 0 Å². The Morgan fingerprint density at radius 3 is 2.65 bits per heavy atom. The highest BCUT2D eigenvalue weighted by Crippen LogP contribution is 2.31. The molecule has 1 heterocycles. The molecule has 0 N–H and O–H groups in total. The van der Waals surface area contributed by atoms with Gasteiger partial charge in [-0.05, 0) is 66.5 Å². The Hall–Kier alpha value is -1.28. The Morgan fingerprint density at radius 1 is 1.06 bits per heavy atom. The van der Waals surface area contributed by atoms with Crippen LogP contribution in [0.1, 0.15) is 24.0 Å². The van der Waals surface area contributed by atoms with E-state index in [0.29, 0.717) is 0 Å². The lowest BCUT2D eigenvalue weighted by molar-refractivity contribution is 0.685. The van der Waals surface area contributed by atoms with Gasteiger partial charge < -0.3 is 4.90 Å². The van der Waals surface area contributed by atoms with Crippen molar-refractivity contribution in [2.45, 2.75) is 25.7 Å². The van der Waals surface area contributed by atoms with E-state index in [0.717, 1.165) is 0 Å². The molecule has 1 aromatic heterocycles. The summed E-state index contributed by atoms with van der Waals surface area (Å²) < 4.78 is 0. The van der Waals surface area contributed by atoms with Crippen molar-refractivity contribution in [3.63, 3.8) is 0 Å². The number of nitrogens with zero attached hydrogens (tertiary/aromatic N) is 1. The topological polar surface area (TPSA) is 3.24 Å². The van der Waals surface area contributed by atoms with Crippen molar-refractivity contribution < 1.29 is 0 Å². The second-order valence-corrected chi connectivity index (χ2v) is 5.60. The third-order valence-electron chi connectivity index (χ3n) is 3.56. The van der Waals surface area contributed by atoms with Crippen molar-refractivity contribution >= 4 is 22.0 Å². The smallest absolute Gasteiger partial charge is 0.0950 e. The van der Waals surface area contributed by atoms with Gasteiger partial charge in [0.15, 0.2) is 0 Å². The van der Waals surface area contributed by atoms with E-state index in [1.54, 1.807) is 22.5 Å². The molecule has 1 aromatic carbocycles. The molecule has 1 nitrogen and oxygen atoms in total. The summed E-state index contributed by atoms with van der Waals surface area (Å²) in [5.74, 6) is 0. The summed E-state index contributed by atoms with van der Waals surface area (Å²) in [5, 5.41) is 3.44. The molecule has 0 atom stereocenters. The van der Waals surface area contributed by atoms with Crippen LogP contribution < -0.4 is 4.90 Å². The Bertz CT molecular complexity index is 502. The zero-order valence-electron chi connectivity index (χ0n) is 10.1. The van der Waals surface area contributed by atoms with E-state index >= 15 is 0 Å². The van der Waals surface area contributed by atoms with Gasteiger partial charge in [-0.1, -0.05) is 6.07 Å². The van der Waals surface area contributed by atoms with Gasteiger partial charge in [0, 0.05) is 12.7 Å². The summed E-state index contributed by atoms with van der Waals surface area (Å²) in [4.78, 5) is 2.28. The van der Waals surface area contributed by atoms with Crippen LogP contribution in [0.25, 0.3) is 0 Å². The summed E-state index contributed by atoms with van der Waals surface area (Å²) in [6.45, 7) is 0. The zero-order valence-corrected chi connectivity index (χ0v) is 11.0. The molecule has 0 fully saturated rings. The molecule has 0 saturated carbocycles. The van der Waals surface area contributed by atoms with Crippen LogP contribution in [0.5, 0.6) is 0 Å². The predicted molar refractivity (Wildman–Crippen MR) is 75.5 cm³/mol. The Labute approximate surface area is 107 Å². The third-order valence-corrected chi connectivity index (χ3v) is 4.50. The van der Waals surface area contributed by atoms with Crippen molar-refractivity contribution in [1.29, 1.82) is 0 Å². The highest BCUT2D eigenvalue weighted by molar-refractivity contribution is 7.14. The summed E-state index contributed by atoms with van der Waals surface area (Å²) in [6, 6.07) is 11.2. The van der Waals surface area contributed by atoms with Crippen LogP contribution in [-0.2, 0) is 12.8 Å². The highest BCUT2D eigenvalue weighted by Gasteiger charge is 2.11. The molecule has 0 aliphatic heterocycles. The van der Waals surface area contributed by atoms with Crippen molar-refractivity contribution in [1.82, 2.24) is 0 Å². The number of hydrogen-bond donors (Lipinski definition) is 0. The first-order valence-electron chi connectivity index (χ1n) is 6.23. The zero-order chi connectivity index (χ0) is 11.7. The minimum absolute atomic E-state index is 1.25. The molecule has 0 radical (unpaired) electrons. The van der Waals surface area contributed by atoms with Gasteiger partial charge in [0.1, 0.15) is 0 Å². The normalized spacial score (nSPS) is 14.4. The van der Waals surface area contributed by atoms with Gasteiger partial charge in [0.05, 0.1) is 5.00 Å². The third kappa shape index (κ3) is 2.09. The number of hydrogen-bond acceptors (Lipinski definition) is 2. The monoisotopic (exact) mass is 243 g/mol. The quantitative estimate of drug-likeness (QED) is 0.756. The molecule has 1 aliphatic carbocycles. The molecule has 17 heavy (non-hydrogen) atoms. The lowest BCUT2D eigenvalue weighted by Gasteiger charge is -2.21. The van der Waals surface area contributed by atoms with Crippen LogP contribution in [0.2, 0.25) is 0 Å². The molecule has 0 saturated heterocycles. The standard InChI is InChI=1S/C15H17NS/c1-16(15-7-4-10-17-15)14-9-8-12-5-2-3-6-13(12)11-14/h4,7-11H,2-3,5-6H2,1H3. The fourth-order valence-electron chi connectivity index (χ4n) is 2.52. The predicted octanol–water partition coefficient (Wildman–Crippen LogP) is 4.39. The number of rotatable bonds is 2. The number of aryl methyl sites for hydroxylation is 2. The van der Waals surface area contributed by atoms with Gasteiger partial charge in [0.2, 0.25) is 0 Å². The minimum atomic E-state index is 1.25. The minimum Gasteiger partial charge on any atom is -0.336 e. The molecule has 0 unspecified atom stereocenters. The maximum Gasteiger partial charge on any atom is 0.0950 e. The first-order chi connectivity index (χ1) is 8.34. The Morgan fingerprint density at radius 2 is 1.88 bits per heavy atom. The molecule has 2 heteroatoms. The van der Waals surface area contributed by atoms with Gasteiger partial charge in [-0.3, -0.25) is 0 Å². The summed E-state index contributed by atoms with van der Waals surface area (Å²) in [5.41, 5.74) is 4.42. The second kappa shape index (κ2) is 4.53. The summed E-state index contributed by atoms with van der Waals surface area (Å²) >= 11 is 1.79. The van der Waals surface area contributed by atoms with Crippen LogP contribution in [0, 0.1) is 0 Å². The summed E-state index contributed by atoms with van der Waals surface area (Å²) in [7, 11) is 2.15. The first-order valence-corrected chi connectivity index (χ1v) is 7.11. The molecular formula is C15H17NS.